The molecule has 4 heteroatoms. The molecule has 4 nitrogen and oxygen atoms in total. The molecule has 1 aliphatic heterocycles. The fraction of sp³-hybridized carbons (Fsp3) is 1.00. The maximum Gasteiger partial charge on any atom is 0.215 e. The van der Waals surface area contributed by atoms with Crippen molar-refractivity contribution in [2.24, 2.45) is 0 Å². The van der Waals surface area contributed by atoms with Crippen molar-refractivity contribution < 1.29 is 20.1 Å². The molecule has 0 amide bonds. The highest BCUT2D eigenvalue weighted by Crippen LogP contribution is 2.21. The van der Waals surface area contributed by atoms with Crippen molar-refractivity contribution in [3.63, 3.8) is 0 Å². The van der Waals surface area contributed by atoms with Crippen LogP contribution in [0.25, 0.3) is 0 Å². The number of hydrogen-bond donors (Lipinski definition) is 3. The number of ether oxygens (including phenoxy) is 1. The first-order valence-corrected chi connectivity index (χ1v) is 3.34. The van der Waals surface area contributed by atoms with Crippen LogP contribution in [0, 0.1) is 0 Å². The second-order valence-electron chi connectivity index (χ2n) is 2.51. The summed E-state index contributed by atoms with van der Waals surface area (Å²) in [6.45, 7) is -0.151. The number of rotatable bonds is 1. The molecule has 1 fully saturated rings. The van der Waals surface area contributed by atoms with Crippen molar-refractivity contribution >= 4 is 0 Å². The van der Waals surface area contributed by atoms with Crippen LogP contribution in [0.5, 0.6) is 0 Å². The van der Waals surface area contributed by atoms with Crippen molar-refractivity contribution in [2.75, 3.05) is 13.2 Å². The second-order valence-corrected chi connectivity index (χ2v) is 2.51. The van der Waals surface area contributed by atoms with Crippen molar-refractivity contribution in [1.29, 1.82) is 0 Å². The van der Waals surface area contributed by atoms with Gasteiger partial charge in [-0.3, -0.25) is 0 Å². The predicted molar refractivity (Wildman–Crippen MR) is 33.2 cm³/mol. The van der Waals surface area contributed by atoms with E-state index in [9.17, 15) is 5.11 Å². The summed E-state index contributed by atoms with van der Waals surface area (Å²) in [4.78, 5) is 0. The Bertz CT molecular complexity index is 116. The quantitative estimate of drug-likeness (QED) is 0.438. The minimum absolute atomic E-state index is 0.397. The fourth-order valence-electron chi connectivity index (χ4n) is 0.998. The summed E-state index contributed by atoms with van der Waals surface area (Å²) in [5.41, 5.74) is 0. The van der Waals surface area contributed by atoms with E-state index in [0.29, 0.717) is 13.0 Å². The summed E-state index contributed by atoms with van der Waals surface area (Å²) in [6.07, 6.45) is 0.256. The van der Waals surface area contributed by atoms with Gasteiger partial charge in [-0.05, 0) is 12.8 Å². The molecule has 1 rings (SSSR count). The lowest BCUT2D eigenvalue weighted by molar-refractivity contribution is -0.290. The normalized spacial score (nSPS) is 41.7. The summed E-state index contributed by atoms with van der Waals surface area (Å²) < 4.78 is 4.78. The van der Waals surface area contributed by atoms with Gasteiger partial charge in [0.15, 0.2) is 0 Å². The first-order valence-electron chi connectivity index (χ1n) is 3.34. The Balaban J connectivity index is 2.54. The second kappa shape index (κ2) is 2.84. The van der Waals surface area contributed by atoms with Crippen LogP contribution in [-0.2, 0) is 4.74 Å². The molecule has 1 saturated heterocycles. The molecule has 10 heavy (non-hydrogen) atoms. The molecule has 0 saturated carbocycles. The lowest BCUT2D eigenvalue weighted by Gasteiger charge is -2.34. The molecule has 0 bridgehead atoms. The Morgan fingerprint density at radius 3 is 2.70 bits per heavy atom. The maximum absolute atomic E-state index is 9.23. The average Bonchev–Trinajstić information content (AvgIpc) is 1.96. The van der Waals surface area contributed by atoms with E-state index in [4.69, 9.17) is 14.9 Å². The largest absolute Gasteiger partial charge is 0.391 e. The van der Waals surface area contributed by atoms with E-state index in [1.165, 1.54) is 0 Å². The molecule has 0 aromatic heterocycles. The van der Waals surface area contributed by atoms with E-state index in [1.54, 1.807) is 0 Å². The predicted octanol–water partition coefficient (Wildman–Crippen LogP) is -1.16. The fourth-order valence-corrected chi connectivity index (χ4v) is 0.998. The van der Waals surface area contributed by atoms with Crippen LogP contribution in [-0.4, -0.2) is 40.4 Å². The molecule has 2 atom stereocenters. The van der Waals surface area contributed by atoms with Gasteiger partial charge in [0, 0.05) is 0 Å². The first-order chi connectivity index (χ1) is 4.69. The molecule has 0 aliphatic carbocycles. The summed E-state index contributed by atoms with van der Waals surface area (Å²) in [5, 5.41) is 26.9. The van der Waals surface area contributed by atoms with Crippen molar-refractivity contribution in [3.8, 4) is 0 Å². The Hall–Kier alpha value is -0.160. The summed E-state index contributed by atoms with van der Waals surface area (Å²) in [7, 11) is 0. The zero-order valence-electron chi connectivity index (χ0n) is 5.66. The minimum Gasteiger partial charge on any atom is -0.391 e. The molecule has 0 aromatic carbocycles. The molecule has 0 unspecified atom stereocenters. The topological polar surface area (TPSA) is 69.9 Å². The van der Waals surface area contributed by atoms with Gasteiger partial charge in [-0.2, -0.15) is 0 Å². The van der Waals surface area contributed by atoms with Gasteiger partial charge >= 0.3 is 0 Å². The first kappa shape index (κ1) is 7.94. The SMILES string of the molecule is OC[C@]1(O)OCCC[C@H]1O. The van der Waals surface area contributed by atoms with Crippen molar-refractivity contribution in [3.05, 3.63) is 0 Å². The molecule has 0 radical (unpaired) electrons. The third-order valence-electron chi connectivity index (χ3n) is 1.72. The maximum atomic E-state index is 9.23. The van der Waals surface area contributed by atoms with Gasteiger partial charge < -0.3 is 20.1 Å². The van der Waals surface area contributed by atoms with Gasteiger partial charge in [-0.25, -0.2) is 0 Å². The summed E-state index contributed by atoms with van der Waals surface area (Å²) >= 11 is 0. The monoisotopic (exact) mass is 148 g/mol. The molecule has 1 aliphatic rings. The van der Waals surface area contributed by atoms with Crippen LogP contribution in [0.15, 0.2) is 0 Å². The highest BCUT2D eigenvalue weighted by molar-refractivity contribution is 4.79. The Morgan fingerprint density at radius 2 is 2.30 bits per heavy atom. The summed E-state index contributed by atoms with van der Waals surface area (Å²) in [5.74, 6) is -1.71. The molecule has 0 aromatic rings. The van der Waals surface area contributed by atoms with Crippen LogP contribution in [0.4, 0.5) is 0 Å². The highest BCUT2D eigenvalue weighted by atomic mass is 16.6. The Labute approximate surface area is 59.1 Å². The zero-order valence-corrected chi connectivity index (χ0v) is 5.66. The Kier molecular flexibility index (Phi) is 2.25. The minimum atomic E-state index is -1.71. The van der Waals surface area contributed by atoms with Gasteiger partial charge in [0.1, 0.15) is 6.10 Å². The van der Waals surface area contributed by atoms with Gasteiger partial charge in [0.25, 0.3) is 0 Å². The van der Waals surface area contributed by atoms with E-state index in [-0.39, 0.29) is 0 Å². The van der Waals surface area contributed by atoms with Crippen LogP contribution < -0.4 is 0 Å². The van der Waals surface area contributed by atoms with E-state index < -0.39 is 18.5 Å². The number of hydrogen-bond acceptors (Lipinski definition) is 4. The summed E-state index contributed by atoms with van der Waals surface area (Å²) in [6, 6.07) is 0. The molecule has 60 valence electrons. The van der Waals surface area contributed by atoms with Crippen LogP contribution in [0.3, 0.4) is 0 Å². The van der Waals surface area contributed by atoms with Gasteiger partial charge in [0.2, 0.25) is 5.79 Å². The third kappa shape index (κ3) is 1.29. The standard InChI is InChI=1S/C6H12O4/c7-4-6(9)5(8)2-1-3-10-6/h5,7-9H,1-4H2/t5-,6+/m1/s1. The van der Waals surface area contributed by atoms with Crippen molar-refractivity contribution in [1.82, 2.24) is 0 Å². The lowest BCUT2D eigenvalue weighted by Crippen LogP contribution is -2.51. The van der Waals surface area contributed by atoms with E-state index in [1.807, 2.05) is 0 Å². The van der Waals surface area contributed by atoms with Crippen molar-refractivity contribution in [2.45, 2.75) is 24.7 Å². The van der Waals surface area contributed by atoms with Gasteiger partial charge in [-0.15, -0.1) is 0 Å². The number of aliphatic hydroxyl groups is 3. The zero-order chi connectivity index (χ0) is 7.61. The lowest BCUT2D eigenvalue weighted by atomic mass is 10.0. The van der Waals surface area contributed by atoms with Crippen LogP contribution in [0.2, 0.25) is 0 Å². The van der Waals surface area contributed by atoms with E-state index in [2.05, 4.69) is 0 Å². The third-order valence-corrected chi connectivity index (χ3v) is 1.72. The van der Waals surface area contributed by atoms with Gasteiger partial charge in [-0.1, -0.05) is 0 Å². The average molecular weight is 148 g/mol. The molecular weight excluding hydrogens is 136 g/mol. The number of aliphatic hydroxyl groups excluding tert-OH is 2. The molecule has 0 spiro atoms. The molecular formula is C6H12O4. The van der Waals surface area contributed by atoms with Crippen LogP contribution >= 0.6 is 0 Å². The van der Waals surface area contributed by atoms with E-state index >= 15 is 0 Å². The van der Waals surface area contributed by atoms with E-state index in [0.717, 1.165) is 6.42 Å². The van der Waals surface area contributed by atoms with Crippen LogP contribution in [0.1, 0.15) is 12.8 Å². The van der Waals surface area contributed by atoms with Gasteiger partial charge in [0.05, 0.1) is 13.2 Å². The molecule has 1 heterocycles. The smallest absolute Gasteiger partial charge is 0.215 e. The molecule has 3 N–H and O–H groups in total. The highest BCUT2D eigenvalue weighted by Gasteiger charge is 2.38. The Morgan fingerprint density at radius 1 is 1.60 bits per heavy atom.